The molecule has 2 aliphatic heterocycles. The summed E-state index contributed by atoms with van der Waals surface area (Å²) < 4.78 is 5.40. The minimum Gasteiger partial charge on any atom is -0.497 e. The molecule has 2 saturated heterocycles. The maximum atomic E-state index is 5.40. The maximum absolute atomic E-state index is 5.40. The lowest BCUT2D eigenvalue weighted by molar-refractivity contribution is -0.000842. The van der Waals surface area contributed by atoms with Gasteiger partial charge in [0.25, 0.3) is 0 Å². The zero-order valence-corrected chi connectivity index (χ0v) is 12.8. The van der Waals surface area contributed by atoms with Crippen LogP contribution in [0.1, 0.15) is 23.6 Å². The molecule has 21 heavy (non-hydrogen) atoms. The second-order valence-corrected chi connectivity index (χ2v) is 6.51. The van der Waals surface area contributed by atoms with Gasteiger partial charge in [0.2, 0.25) is 0 Å². The third-order valence-electron chi connectivity index (χ3n) is 5.40. The predicted molar refractivity (Wildman–Crippen MR) is 83.9 cm³/mol. The first-order valence-corrected chi connectivity index (χ1v) is 8.21. The van der Waals surface area contributed by atoms with Crippen LogP contribution >= 0.6 is 0 Å². The number of likely N-dealkylation sites (tertiary alicyclic amines) is 1. The van der Waals surface area contributed by atoms with Crippen LogP contribution in [0.3, 0.4) is 0 Å². The molecule has 4 heteroatoms. The standard InChI is InChI=1S/C17H25N3O/c1-21-15-4-2-13-3-5-17(16(13)10-15)20-11-14(12-20)19-8-6-18-7-9-19/h2,4,10,14,17-18H,3,5-9,11-12H2,1H3. The molecule has 1 unspecified atom stereocenters. The van der Waals surface area contributed by atoms with Gasteiger partial charge >= 0.3 is 0 Å². The second kappa shape index (κ2) is 5.59. The summed E-state index contributed by atoms with van der Waals surface area (Å²) in [4.78, 5) is 5.33. The molecule has 4 rings (SSSR count). The van der Waals surface area contributed by atoms with E-state index in [0.717, 1.165) is 24.9 Å². The first kappa shape index (κ1) is 13.6. The van der Waals surface area contributed by atoms with Crippen molar-refractivity contribution < 1.29 is 4.74 Å². The van der Waals surface area contributed by atoms with Gasteiger partial charge in [-0.3, -0.25) is 9.80 Å². The molecule has 1 N–H and O–H groups in total. The number of methoxy groups -OCH3 is 1. The number of aryl methyl sites for hydroxylation is 1. The topological polar surface area (TPSA) is 27.7 Å². The van der Waals surface area contributed by atoms with Gasteiger partial charge in [0.05, 0.1) is 7.11 Å². The van der Waals surface area contributed by atoms with E-state index in [-0.39, 0.29) is 0 Å². The Kier molecular flexibility index (Phi) is 3.61. The number of fused-ring (bicyclic) bond motifs is 1. The second-order valence-electron chi connectivity index (χ2n) is 6.51. The van der Waals surface area contributed by atoms with E-state index in [1.165, 1.54) is 50.1 Å². The molecule has 4 nitrogen and oxygen atoms in total. The Morgan fingerprint density at radius 3 is 2.71 bits per heavy atom. The lowest BCUT2D eigenvalue weighted by Crippen LogP contribution is -2.63. The van der Waals surface area contributed by atoms with Gasteiger partial charge < -0.3 is 10.1 Å². The van der Waals surface area contributed by atoms with Gasteiger partial charge in [-0.15, -0.1) is 0 Å². The summed E-state index contributed by atoms with van der Waals surface area (Å²) in [6.45, 7) is 7.21. The normalized spacial score (nSPS) is 27.4. The molecule has 0 bridgehead atoms. The van der Waals surface area contributed by atoms with Crippen LogP contribution in [0.4, 0.5) is 0 Å². The first-order chi connectivity index (χ1) is 10.3. The smallest absolute Gasteiger partial charge is 0.119 e. The average molecular weight is 287 g/mol. The van der Waals surface area contributed by atoms with Gasteiger partial charge in [0, 0.05) is 51.4 Å². The van der Waals surface area contributed by atoms with Crippen LogP contribution in [-0.4, -0.2) is 62.2 Å². The van der Waals surface area contributed by atoms with Crippen LogP contribution in [0.25, 0.3) is 0 Å². The largest absolute Gasteiger partial charge is 0.497 e. The van der Waals surface area contributed by atoms with Gasteiger partial charge in [-0.1, -0.05) is 6.07 Å². The van der Waals surface area contributed by atoms with Crippen LogP contribution in [0.5, 0.6) is 5.75 Å². The molecule has 114 valence electrons. The Bertz CT molecular complexity index is 507. The summed E-state index contributed by atoms with van der Waals surface area (Å²) in [6, 6.07) is 8.00. The van der Waals surface area contributed by atoms with Gasteiger partial charge in [0.1, 0.15) is 5.75 Å². The van der Waals surface area contributed by atoms with E-state index in [2.05, 4.69) is 33.3 Å². The fourth-order valence-corrected chi connectivity index (χ4v) is 4.09. The van der Waals surface area contributed by atoms with Gasteiger partial charge in [-0.05, 0) is 36.1 Å². The number of benzene rings is 1. The van der Waals surface area contributed by atoms with E-state index in [1.807, 2.05) is 0 Å². The SMILES string of the molecule is COc1ccc2c(c1)C(N1CC(N3CCNCC3)C1)CC2. The maximum Gasteiger partial charge on any atom is 0.119 e. The summed E-state index contributed by atoms with van der Waals surface area (Å²) >= 11 is 0. The molecular formula is C17H25N3O. The van der Waals surface area contributed by atoms with Crippen molar-refractivity contribution in [1.29, 1.82) is 0 Å². The van der Waals surface area contributed by atoms with Crippen molar-refractivity contribution in [3.8, 4) is 5.75 Å². The molecule has 0 saturated carbocycles. The van der Waals surface area contributed by atoms with Crippen LogP contribution in [0, 0.1) is 0 Å². The van der Waals surface area contributed by atoms with Crippen molar-refractivity contribution >= 4 is 0 Å². The average Bonchev–Trinajstić information content (AvgIpc) is 2.90. The predicted octanol–water partition coefficient (Wildman–Crippen LogP) is 1.27. The van der Waals surface area contributed by atoms with Crippen molar-refractivity contribution in [2.45, 2.75) is 24.9 Å². The Morgan fingerprint density at radius 2 is 1.95 bits per heavy atom. The Labute approximate surface area is 127 Å². The Hall–Kier alpha value is -1.10. The number of rotatable bonds is 3. The molecule has 0 radical (unpaired) electrons. The third-order valence-corrected chi connectivity index (χ3v) is 5.40. The van der Waals surface area contributed by atoms with Crippen LogP contribution in [0.2, 0.25) is 0 Å². The highest BCUT2D eigenvalue weighted by atomic mass is 16.5. The molecular weight excluding hydrogens is 262 g/mol. The number of hydrogen-bond acceptors (Lipinski definition) is 4. The number of ether oxygens (including phenoxy) is 1. The molecule has 2 heterocycles. The fraction of sp³-hybridized carbons (Fsp3) is 0.647. The summed E-state index contributed by atoms with van der Waals surface area (Å²) in [7, 11) is 1.76. The van der Waals surface area contributed by atoms with E-state index < -0.39 is 0 Å². The number of hydrogen-bond donors (Lipinski definition) is 1. The van der Waals surface area contributed by atoms with Crippen molar-refractivity contribution in [2.24, 2.45) is 0 Å². The lowest BCUT2D eigenvalue weighted by Gasteiger charge is -2.49. The molecule has 1 aromatic carbocycles. The van der Waals surface area contributed by atoms with Gasteiger partial charge in [-0.25, -0.2) is 0 Å². The molecule has 2 fully saturated rings. The van der Waals surface area contributed by atoms with E-state index >= 15 is 0 Å². The number of nitrogens with one attached hydrogen (secondary N) is 1. The Morgan fingerprint density at radius 1 is 1.14 bits per heavy atom. The molecule has 0 amide bonds. The fourth-order valence-electron chi connectivity index (χ4n) is 4.09. The quantitative estimate of drug-likeness (QED) is 0.906. The summed E-state index contributed by atoms with van der Waals surface area (Å²) in [6.07, 6.45) is 2.50. The van der Waals surface area contributed by atoms with E-state index in [9.17, 15) is 0 Å². The third kappa shape index (κ3) is 2.45. The Balaban J connectivity index is 1.41. The highest BCUT2D eigenvalue weighted by molar-refractivity contribution is 5.41. The molecule has 3 aliphatic rings. The number of nitrogens with zero attached hydrogens (tertiary/aromatic N) is 2. The minimum absolute atomic E-state index is 0.620. The van der Waals surface area contributed by atoms with Crippen molar-refractivity contribution in [3.05, 3.63) is 29.3 Å². The van der Waals surface area contributed by atoms with Crippen LogP contribution in [0.15, 0.2) is 18.2 Å². The monoisotopic (exact) mass is 287 g/mol. The van der Waals surface area contributed by atoms with Crippen molar-refractivity contribution in [1.82, 2.24) is 15.1 Å². The van der Waals surface area contributed by atoms with E-state index in [4.69, 9.17) is 4.74 Å². The highest BCUT2D eigenvalue weighted by Gasteiger charge is 2.39. The van der Waals surface area contributed by atoms with Gasteiger partial charge in [0.15, 0.2) is 0 Å². The lowest BCUT2D eigenvalue weighted by atomic mass is 9.99. The zero-order chi connectivity index (χ0) is 14.2. The van der Waals surface area contributed by atoms with E-state index in [1.54, 1.807) is 7.11 Å². The molecule has 1 aliphatic carbocycles. The molecule has 0 aromatic heterocycles. The number of piperazine rings is 1. The van der Waals surface area contributed by atoms with E-state index in [0.29, 0.717) is 6.04 Å². The summed E-state index contributed by atoms with van der Waals surface area (Å²) in [5, 5.41) is 3.44. The first-order valence-electron chi connectivity index (χ1n) is 8.21. The van der Waals surface area contributed by atoms with Crippen molar-refractivity contribution in [2.75, 3.05) is 46.4 Å². The molecule has 1 aromatic rings. The van der Waals surface area contributed by atoms with Crippen LogP contribution < -0.4 is 10.1 Å². The highest BCUT2D eigenvalue weighted by Crippen LogP contribution is 2.40. The van der Waals surface area contributed by atoms with Crippen molar-refractivity contribution in [3.63, 3.8) is 0 Å². The summed E-state index contributed by atoms with van der Waals surface area (Å²) in [5.74, 6) is 1.000. The van der Waals surface area contributed by atoms with Gasteiger partial charge in [-0.2, -0.15) is 0 Å². The molecule has 1 atom stereocenters. The molecule has 0 spiro atoms. The van der Waals surface area contributed by atoms with Crippen LogP contribution in [-0.2, 0) is 6.42 Å². The summed E-state index contributed by atoms with van der Waals surface area (Å²) in [5.41, 5.74) is 3.03. The minimum atomic E-state index is 0.620. The zero-order valence-electron chi connectivity index (χ0n) is 12.8.